The summed E-state index contributed by atoms with van der Waals surface area (Å²) in [5, 5.41) is 0. The van der Waals surface area contributed by atoms with E-state index < -0.39 is 11.2 Å². The summed E-state index contributed by atoms with van der Waals surface area (Å²) in [4.78, 5) is 25.1. The second kappa shape index (κ2) is 5.53. The van der Waals surface area contributed by atoms with E-state index in [2.05, 4.69) is 27.5 Å². The summed E-state index contributed by atoms with van der Waals surface area (Å²) >= 11 is 3.09. The van der Waals surface area contributed by atoms with Crippen LogP contribution in [0.25, 0.3) is 0 Å². The lowest BCUT2D eigenvalue weighted by Crippen LogP contribution is -2.32. The first-order valence-electron chi connectivity index (χ1n) is 5.50. The summed E-state index contributed by atoms with van der Waals surface area (Å²) < 4.78 is 12.4. The maximum absolute atomic E-state index is 11.7. The summed E-state index contributed by atoms with van der Waals surface area (Å²) in [6, 6.07) is 0. The number of hydrogen-bond donors (Lipinski definition) is 1. The smallest absolute Gasteiger partial charge is 0.330 e. The van der Waals surface area contributed by atoms with Crippen LogP contribution in [-0.4, -0.2) is 22.3 Å². The predicted molar refractivity (Wildman–Crippen MR) is 68.3 cm³/mol. The Bertz CT molecular complexity index is 551. The number of halogens is 1. The van der Waals surface area contributed by atoms with Crippen LogP contribution >= 0.6 is 15.9 Å². The summed E-state index contributed by atoms with van der Waals surface area (Å²) in [6.45, 7) is 3.87. The molecule has 0 aliphatic carbocycles. The minimum atomic E-state index is -0.474. The molecule has 1 saturated heterocycles. The normalized spacial score (nSPS) is 22.9. The molecular formula is C11H13BrN2O4. The molecule has 98 valence electrons. The Labute approximate surface area is 111 Å². The molecule has 6 nitrogen and oxygen atoms in total. The lowest BCUT2D eigenvalue weighted by molar-refractivity contribution is -0.0273. The van der Waals surface area contributed by atoms with Crippen molar-refractivity contribution in [3.8, 4) is 0 Å². The van der Waals surface area contributed by atoms with E-state index >= 15 is 0 Å². The van der Waals surface area contributed by atoms with Crippen LogP contribution in [0.2, 0.25) is 0 Å². The average molecular weight is 317 g/mol. The standard InChI is InChI=1S/C11H13BrN2O4/c1-2-17-6-7-3-4-9(18-7)14-5-8(12)10(15)13-11(14)16/h2,5,7,9H,1,3-4,6H2,(H,13,15,16)/t7-,9+/m0/s1. The zero-order valence-corrected chi connectivity index (χ0v) is 11.2. The van der Waals surface area contributed by atoms with Crippen molar-refractivity contribution in [3.05, 3.63) is 44.3 Å². The van der Waals surface area contributed by atoms with Crippen molar-refractivity contribution in [1.82, 2.24) is 9.55 Å². The highest BCUT2D eigenvalue weighted by molar-refractivity contribution is 9.10. The first kappa shape index (κ1) is 13.1. The Hall–Kier alpha value is -1.34. The third-order valence-corrected chi connectivity index (χ3v) is 3.28. The number of nitrogens with zero attached hydrogens (tertiary/aromatic N) is 1. The molecular weight excluding hydrogens is 304 g/mol. The van der Waals surface area contributed by atoms with Gasteiger partial charge in [-0.15, -0.1) is 0 Å². The van der Waals surface area contributed by atoms with E-state index in [0.29, 0.717) is 17.5 Å². The summed E-state index contributed by atoms with van der Waals surface area (Å²) in [6.07, 6.45) is 3.86. The van der Waals surface area contributed by atoms with Crippen LogP contribution in [0, 0.1) is 0 Å². The number of ether oxygens (including phenoxy) is 2. The van der Waals surface area contributed by atoms with Gasteiger partial charge in [0, 0.05) is 6.20 Å². The quantitative estimate of drug-likeness (QED) is 0.845. The number of nitrogens with one attached hydrogen (secondary N) is 1. The van der Waals surface area contributed by atoms with Crippen LogP contribution in [-0.2, 0) is 9.47 Å². The van der Waals surface area contributed by atoms with E-state index in [4.69, 9.17) is 9.47 Å². The molecule has 2 rings (SSSR count). The maximum atomic E-state index is 11.7. The third kappa shape index (κ3) is 2.73. The van der Waals surface area contributed by atoms with Gasteiger partial charge in [-0.05, 0) is 28.8 Å². The molecule has 0 bridgehead atoms. The first-order valence-corrected chi connectivity index (χ1v) is 6.30. The van der Waals surface area contributed by atoms with E-state index in [1.54, 1.807) is 0 Å². The molecule has 7 heteroatoms. The van der Waals surface area contributed by atoms with Gasteiger partial charge in [-0.1, -0.05) is 6.58 Å². The Kier molecular flexibility index (Phi) is 4.03. The molecule has 18 heavy (non-hydrogen) atoms. The van der Waals surface area contributed by atoms with Crippen molar-refractivity contribution in [2.75, 3.05) is 6.61 Å². The summed E-state index contributed by atoms with van der Waals surface area (Å²) in [5.41, 5.74) is -0.917. The van der Waals surface area contributed by atoms with E-state index in [0.717, 1.165) is 6.42 Å². The van der Waals surface area contributed by atoms with Crippen LogP contribution in [0.4, 0.5) is 0 Å². The Morgan fingerprint density at radius 3 is 3.11 bits per heavy atom. The molecule has 0 unspecified atom stereocenters. The van der Waals surface area contributed by atoms with Crippen molar-refractivity contribution < 1.29 is 9.47 Å². The molecule has 1 aromatic heterocycles. The molecule has 0 aromatic carbocycles. The molecule has 0 amide bonds. The highest BCUT2D eigenvalue weighted by atomic mass is 79.9. The van der Waals surface area contributed by atoms with Crippen molar-refractivity contribution >= 4 is 15.9 Å². The molecule has 1 aliphatic heterocycles. The Balaban J connectivity index is 2.14. The number of aromatic amines is 1. The zero-order chi connectivity index (χ0) is 13.1. The molecule has 2 heterocycles. The fourth-order valence-corrected chi connectivity index (χ4v) is 2.18. The molecule has 1 N–H and O–H groups in total. The van der Waals surface area contributed by atoms with Crippen molar-refractivity contribution in [2.45, 2.75) is 25.2 Å². The van der Waals surface area contributed by atoms with Crippen molar-refractivity contribution in [1.29, 1.82) is 0 Å². The van der Waals surface area contributed by atoms with Gasteiger partial charge >= 0.3 is 5.69 Å². The van der Waals surface area contributed by atoms with Crippen LogP contribution in [0.5, 0.6) is 0 Å². The van der Waals surface area contributed by atoms with Gasteiger partial charge in [-0.3, -0.25) is 14.3 Å². The van der Waals surface area contributed by atoms with Gasteiger partial charge < -0.3 is 9.47 Å². The lowest BCUT2D eigenvalue weighted by Gasteiger charge is -2.15. The largest absolute Gasteiger partial charge is 0.499 e. The average Bonchev–Trinajstić information content (AvgIpc) is 2.79. The Morgan fingerprint density at radius 2 is 2.39 bits per heavy atom. The van der Waals surface area contributed by atoms with Crippen molar-refractivity contribution in [2.24, 2.45) is 0 Å². The molecule has 0 spiro atoms. The van der Waals surface area contributed by atoms with Gasteiger partial charge in [0.05, 0.1) is 16.8 Å². The molecule has 2 atom stereocenters. The topological polar surface area (TPSA) is 73.3 Å². The van der Waals surface area contributed by atoms with Gasteiger partial charge in [-0.25, -0.2) is 4.79 Å². The van der Waals surface area contributed by atoms with E-state index in [9.17, 15) is 9.59 Å². The SMILES string of the molecule is C=COC[C@@H]1CC[C@H](n2cc(Br)c(=O)[nH]c2=O)O1. The second-order valence-electron chi connectivity index (χ2n) is 3.93. The maximum Gasteiger partial charge on any atom is 0.330 e. The first-order chi connectivity index (χ1) is 8.61. The Morgan fingerprint density at radius 1 is 1.61 bits per heavy atom. The molecule has 1 aliphatic rings. The van der Waals surface area contributed by atoms with Gasteiger partial charge in [0.25, 0.3) is 5.56 Å². The molecule has 0 saturated carbocycles. The number of hydrogen-bond acceptors (Lipinski definition) is 4. The second-order valence-corrected chi connectivity index (χ2v) is 4.79. The van der Waals surface area contributed by atoms with Gasteiger partial charge in [0.15, 0.2) is 0 Å². The monoisotopic (exact) mass is 316 g/mol. The highest BCUT2D eigenvalue weighted by Gasteiger charge is 2.27. The third-order valence-electron chi connectivity index (χ3n) is 2.72. The highest BCUT2D eigenvalue weighted by Crippen LogP contribution is 2.27. The molecule has 1 fully saturated rings. The van der Waals surface area contributed by atoms with Crippen LogP contribution in [0.1, 0.15) is 19.1 Å². The zero-order valence-electron chi connectivity index (χ0n) is 9.60. The fourth-order valence-electron chi connectivity index (χ4n) is 1.86. The van der Waals surface area contributed by atoms with Gasteiger partial charge in [0.2, 0.25) is 0 Å². The summed E-state index contributed by atoms with van der Waals surface area (Å²) in [5.74, 6) is 0. The molecule has 0 radical (unpaired) electrons. The van der Waals surface area contributed by atoms with Crippen LogP contribution in [0.3, 0.4) is 0 Å². The van der Waals surface area contributed by atoms with Crippen LogP contribution in [0.15, 0.2) is 33.1 Å². The number of aromatic nitrogens is 2. The van der Waals surface area contributed by atoms with Gasteiger partial charge in [-0.2, -0.15) is 0 Å². The van der Waals surface area contributed by atoms with E-state index in [1.165, 1.54) is 17.0 Å². The number of H-pyrrole nitrogens is 1. The number of rotatable bonds is 4. The van der Waals surface area contributed by atoms with E-state index in [1.807, 2.05) is 0 Å². The van der Waals surface area contributed by atoms with E-state index in [-0.39, 0.29) is 12.3 Å². The minimum Gasteiger partial charge on any atom is -0.499 e. The lowest BCUT2D eigenvalue weighted by atomic mass is 10.2. The van der Waals surface area contributed by atoms with Crippen LogP contribution < -0.4 is 11.2 Å². The van der Waals surface area contributed by atoms with Gasteiger partial charge in [0.1, 0.15) is 12.8 Å². The predicted octanol–water partition coefficient (Wildman–Crippen LogP) is 1.14. The van der Waals surface area contributed by atoms with Crippen molar-refractivity contribution in [3.63, 3.8) is 0 Å². The minimum absolute atomic E-state index is 0.0643. The fraction of sp³-hybridized carbons (Fsp3) is 0.455. The molecule has 1 aromatic rings. The summed E-state index contributed by atoms with van der Waals surface area (Å²) in [7, 11) is 0.